The number of amides is 1. The molecule has 0 atom stereocenters. The summed E-state index contributed by atoms with van der Waals surface area (Å²) in [5, 5.41) is 16.4. The third kappa shape index (κ3) is 4.94. The number of rotatable bonds is 7. The van der Waals surface area contributed by atoms with Crippen molar-refractivity contribution in [2.45, 2.75) is 6.54 Å². The molecule has 10 heteroatoms. The molecule has 0 spiro atoms. The number of nitriles is 1. The second kappa shape index (κ2) is 10.2. The van der Waals surface area contributed by atoms with Crippen molar-refractivity contribution in [1.82, 2.24) is 19.7 Å². The van der Waals surface area contributed by atoms with Gasteiger partial charge in [0.05, 0.1) is 25.5 Å². The van der Waals surface area contributed by atoms with Gasteiger partial charge in [-0.15, -0.1) is 5.10 Å². The van der Waals surface area contributed by atoms with Crippen molar-refractivity contribution in [2.75, 3.05) is 50.6 Å². The van der Waals surface area contributed by atoms with Crippen LogP contribution in [0.15, 0.2) is 42.7 Å². The summed E-state index contributed by atoms with van der Waals surface area (Å²) in [6, 6.07) is 11.8. The maximum atomic E-state index is 13.0. The van der Waals surface area contributed by atoms with E-state index >= 15 is 0 Å². The number of pyridine rings is 1. The Morgan fingerprint density at radius 2 is 1.94 bits per heavy atom. The Bertz CT molecular complexity index is 1210. The van der Waals surface area contributed by atoms with Gasteiger partial charge < -0.3 is 19.7 Å². The van der Waals surface area contributed by atoms with Gasteiger partial charge in [0, 0.05) is 57.7 Å². The second-order valence-corrected chi connectivity index (χ2v) is 7.96. The molecule has 10 nitrogen and oxygen atoms in total. The molecule has 2 aromatic heterocycles. The predicted molar refractivity (Wildman–Crippen MR) is 127 cm³/mol. The van der Waals surface area contributed by atoms with Crippen molar-refractivity contribution in [2.24, 2.45) is 7.05 Å². The van der Waals surface area contributed by atoms with Crippen molar-refractivity contribution in [1.29, 1.82) is 5.26 Å². The van der Waals surface area contributed by atoms with Gasteiger partial charge in [0.25, 0.3) is 5.91 Å². The molecule has 3 heterocycles. The maximum Gasteiger partial charge on any atom is 0.262 e. The van der Waals surface area contributed by atoms with E-state index in [4.69, 9.17) is 9.47 Å². The lowest BCUT2D eigenvalue weighted by Crippen LogP contribution is -2.46. The lowest BCUT2D eigenvalue weighted by atomic mass is 10.1. The number of benzene rings is 1. The van der Waals surface area contributed by atoms with Crippen LogP contribution >= 0.6 is 0 Å². The van der Waals surface area contributed by atoms with Crippen LogP contribution in [0.1, 0.15) is 21.5 Å². The van der Waals surface area contributed by atoms with Gasteiger partial charge >= 0.3 is 0 Å². The molecule has 0 bridgehead atoms. The summed E-state index contributed by atoms with van der Waals surface area (Å²) in [4.78, 5) is 21.9. The fourth-order valence-corrected chi connectivity index (χ4v) is 4.02. The highest BCUT2D eigenvalue weighted by molar-refractivity contribution is 6.07. The number of carbonyl (C=O) groups is 1. The van der Waals surface area contributed by atoms with Crippen LogP contribution in [0.3, 0.4) is 0 Å². The van der Waals surface area contributed by atoms with Crippen molar-refractivity contribution in [3.63, 3.8) is 0 Å². The standard InChI is InChI=1S/C24H27N7O3/c1-29-16-19(24(28-29)34-3)23(32)27-20-12-17(13-25)14-26-22(20)31-10-8-30(9-11-31)15-18-6-4-5-7-21(18)33-2/h4-7,12,14,16H,8-11,15H2,1-3H3,(H,27,32). The first kappa shape index (κ1) is 23.1. The van der Waals surface area contributed by atoms with E-state index in [1.54, 1.807) is 26.4 Å². The minimum absolute atomic E-state index is 0.232. The molecule has 0 aliphatic carbocycles. The molecule has 34 heavy (non-hydrogen) atoms. The van der Waals surface area contributed by atoms with E-state index in [-0.39, 0.29) is 11.8 Å². The number of hydrogen-bond donors (Lipinski definition) is 1. The van der Waals surface area contributed by atoms with E-state index in [2.05, 4.69) is 37.3 Å². The van der Waals surface area contributed by atoms with E-state index < -0.39 is 0 Å². The van der Waals surface area contributed by atoms with Crippen LogP contribution in [0, 0.1) is 11.3 Å². The number of aromatic nitrogens is 3. The van der Waals surface area contributed by atoms with E-state index in [0.29, 0.717) is 22.6 Å². The van der Waals surface area contributed by atoms with Crippen LogP contribution in [-0.4, -0.2) is 66.0 Å². The first-order valence-electron chi connectivity index (χ1n) is 10.9. The molecule has 1 amide bonds. The minimum Gasteiger partial charge on any atom is -0.496 e. The van der Waals surface area contributed by atoms with Crippen LogP contribution in [0.4, 0.5) is 11.5 Å². The predicted octanol–water partition coefficient (Wildman–Crippen LogP) is 2.28. The molecule has 1 aliphatic rings. The topological polar surface area (TPSA) is 109 Å². The molecular weight excluding hydrogens is 434 g/mol. The molecule has 4 rings (SSSR count). The minimum atomic E-state index is -0.377. The molecule has 0 unspecified atom stereocenters. The van der Waals surface area contributed by atoms with Crippen LogP contribution < -0.4 is 19.7 Å². The van der Waals surface area contributed by atoms with Crippen molar-refractivity contribution in [3.05, 3.63) is 59.4 Å². The SMILES string of the molecule is COc1ccccc1CN1CCN(c2ncc(C#N)cc2NC(=O)c2cn(C)nc2OC)CC1. The molecule has 176 valence electrons. The lowest BCUT2D eigenvalue weighted by Gasteiger charge is -2.36. The normalized spacial score (nSPS) is 13.9. The quantitative estimate of drug-likeness (QED) is 0.571. The monoisotopic (exact) mass is 461 g/mol. The fraction of sp³-hybridized carbons (Fsp3) is 0.333. The van der Waals surface area contributed by atoms with Gasteiger partial charge in [0.2, 0.25) is 5.88 Å². The largest absolute Gasteiger partial charge is 0.496 e. The molecule has 1 aromatic carbocycles. The number of nitrogens with zero attached hydrogens (tertiary/aromatic N) is 6. The molecular formula is C24H27N7O3. The number of carbonyl (C=O) groups excluding carboxylic acids is 1. The van der Waals surface area contributed by atoms with Crippen LogP contribution in [0.5, 0.6) is 11.6 Å². The maximum absolute atomic E-state index is 13.0. The van der Waals surface area contributed by atoms with E-state index in [1.165, 1.54) is 18.0 Å². The molecule has 1 aliphatic heterocycles. The molecule has 1 saturated heterocycles. The van der Waals surface area contributed by atoms with Crippen LogP contribution in [-0.2, 0) is 13.6 Å². The molecule has 1 fully saturated rings. The van der Waals surface area contributed by atoms with E-state index in [9.17, 15) is 10.1 Å². The highest BCUT2D eigenvalue weighted by atomic mass is 16.5. The lowest BCUT2D eigenvalue weighted by molar-refractivity contribution is 0.102. The summed E-state index contributed by atoms with van der Waals surface area (Å²) in [5.41, 5.74) is 2.30. The van der Waals surface area contributed by atoms with Gasteiger partial charge in [-0.05, 0) is 12.1 Å². The summed E-state index contributed by atoms with van der Waals surface area (Å²) >= 11 is 0. The van der Waals surface area contributed by atoms with Crippen LogP contribution in [0.25, 0.3) is 0 Å². The number of hydrogen-bond acceptors (Lipinski definition) is 8. The third-order valence-electron chi connectivity index (χ3n) is 5.74. The highest BCUT2D eigenvalue weighted by Gasteiger charge is 2.24. The Labute approximate surface area is 198 Å². The molecule has 3 aromatic rings. The van der Waals surface area contributed by atoms with Crippen molar-refractivity contribution >= 4 is 17.4 Å². The number of ether oxygens (including phenoxy) is 2. The fourth-order valence-electron chi connectivity index (χ4n) is 4.02. The highest BCUT2D eigenvalue weighted by Crippen LogP contribution is 2.28. The van der Waals surface area contributed by atoms with E-state index in [1.807, 2.05) is 18.2 Å². The number of para-hydroxylation sites is 1. The summed E-state index contributed by atoms with van der Waals surface area (Å²) in [5.74, 6) is 1.37. The zero-order valence-corrected chi connectivity index (χ0v) is 19.5. The van der Waals surface area contributed by atoms with E-state index in [0.717, 1.165) is 44.0 Å². The molecule has 1 N–H and O–H groups in total. The van der Waals surface area contributed by atoms with Gasteiger partial charge in [-0.3, -0.25) is 14.4 Å². The Morgan fingerprint density at radius 1 is 1.18 bits per heavy atom. The zero-order chi connectivity index (χ0) is 24.1. The summed E-state index contributed by atoms with van der Waals surface area (Å²) in [6.45, 7) is 3.90. The summed E-state index contributed by atoms with van der Waals surface area (Å²) < 4.78 is 12.2. The smallest absolute Gasteiger partial charge is 0.262 e. The van der Waals surface area contributed by atoms with Crippen molar-refractivity contribution in [3.8, 4) is 17.7 Å². The number of piperazine rings is 1. The van der Waals surface area contributed by atoms with Gasteiger partial charge in [-0.1, -0.05) is 18.2 Å². The Balaban J connectivity index is 1.49. The third-order valence-corrected chi connectivity index (χ3v) is 5.74. The van der Waals surface area contributed by atoms with Crippen LogP contribution in [0.2, 0.25) is 0 Å². The second-order valence-electron chi connectivity index (χ2n) is 7.96. The molecule has 0 saturated carbocycles. The Morgan fingerprint density at radius 3 is 2.65 bits per heavy atom. The number of methoxy groups -OCH3 is 2. The average molecular weight is 462 g/mol. The van der Waals surface area contributed by atoms with Crippen molar-refractivity contribution < 1.29 is 14.3 Å². The number of aryl methyl sites for hydroxylation is 1. The Kier molecular flexibility index (Phi) is 6.94. The average Bonchev–Trinajstić information content (AvgIpc) is 3.26. The first-order chi connectivity index (χ1) is 16.5. The zero-order valence-electron chi connectivity index (χ0n) is 19.5. The van der Waals surface area contributed by atoms with Gasteiger partial charge in [0.1, 0.15) is 17.4 Å². The number of nitrogens with one attached hydrogen (secondary N) is 1. The summed E-state index contributed by atoms with van der Waals surface area (Å²) in [7, 11) is 4.87. The van der Waals surface area contributed by atoms with Gasteiger partial charge in [0.15, 0.2) is 5.82 Å². The summed E-state index contributed by atoms with van der Waals surface area (Å²) in [6.07, 6.45) is 3.11. The van der Waals surface area contributed by atoms with Gasteiger partial charge in [-0.2, -0.15) is 5.26 Å². The number of anilines is 2. The molecule has 0 radical (unpaired) electrons. The Hall–Kier alpha value is -4.10. The van der Waals surface area contributed by atoms with Gasteiger partial charge in [-0.25, -0.2) is 4.98 Å². The first-order valence-corrected chi connectivity index (χ1v) is 10.9.